The van der Waals surface area contributed by atoms with E-state index in [0.717, 1.165) is 17.8 Å². The summed E-state index contributed by atoms with van der Waals surface area (Å²) in [5.74, 6) is 3.07. The molecule has 0 radical (unpaired) electrons. The molecule has 4 N–H and O–H groups in total. The number of imidazole rings is 1. The van der Waals surface area contributed by atoms with Crippen LogP contribution in [0.5, 0.6) is 5.88 Å². The summed E-state index contributed by atoms with van der Waals surface area (Å²) in [5.41, 5.74) is 8.88. The number of terminal acetylenes is 1. The summed E-state index contributed by atoms with van der Waals surface area (Å²) in [4.78, 5) is 19.4. The second-order valence-corrected chi connectivity index (χ2v) is 5.79. The largest absolute Gasteiger partial charge is 0.477 e. The molecule has 1 aromatic carbocycles. The fraction of sp³-hybridized carbons (Fsp3) is 0.263. The van der Waals surface area contributed by atoms with Gasteiger partial charge in [0.15, 0.2) is 5.82 Å². The molecule has 0 amide bonds. The van der Waals surface area contributed by atoms with Crippen LogP contribution in [0.4, 0.5) is 11.5 Å². The van der Waals surface area contributed by atoms with Crippen LogP contribution in [0.1, 0.15) is 18.9 Å². The zero-order valence-corrected chi connectivity index (χ0v) is 14.6. The van der Waals surface area contributed by atoms with Crippen molar-refractivity contribution >= 4 is 22.5 Å². The standard InChI is InChI=1S/C19H21N5O2/c1-3-5-9-26-16-11-15-17(18(20)22-16)23-19(25)24(15)12-13-7-6-8-14(10-13)21-4-2/h1,6-8,10-11,21H,4-5,9,12H2,2H3,(H2,20,22)(H,23,25). The first-order valence-corrected chi connectivity index (χ1v) is 8.40. The maximum atomic E-state index is 12.4. The Balaban J connectivity index is 1.97. The van der Waals surface area contributed by atoms with Gasteiger partial charge in [-0.2, -0.15) is 4.98 Å². The third-order valence-electron chi connectivity index (χ3n) is 3.92. The summed E-state index contributed by atoms with van der Waals surface area (Å²) < 4.78 is 7.15. The minimum Gasteiger partial charge on any atom is -0.477 e. The van der Waals surface area contributed by atoms with E-state index in [1.165, 1.54) is 0 Å². The van der Waals surface area contributed by atoms with Crippen molar-refractivity contribution in [2.75, 3.05) is 24.2 Å². The number of hydrogen-bond acceptors (Lipinski definition) is 5. The molecule has 26 heavy (non-hydrogen) atoms. The lowest BCUT2D eigenvalue weighted by Crippen LogP contribution is -2.17. The number of nitrogen functional groups attached to an aromatic ring is 1. The average Bonchev–Trinajstić information content (AvgIpc) is 2.93. The van der Waals surface area contributed by atoms with Crippen molar-refractivity contribution < 1.29 is 4.74 Å². The zero-order valence-electron chi connectivity index (χ0n) is 14.6. The van der Waals surface area contributed by atoms with Crippen LogP contribution in [0.2, 0.25) is 0 Å². The fourth-order valence-corrected chi connectivity index (χ4v) is 2.76. The highest BCUT2D eigenvalue weighted by molar-refractivity contribution is 5.85. The van der Waals surface area contributed by atoms with Crippen molar-refractivity contribution in [2.24, 2.45) is 0 Å². The molecule has 0 unspecified atom stereocenters. The minimum absolute atomic E-state index is 0.218. The Hall–Kier alpha value is -3.40. The van der Waals surface area contributed by atoms with Crippen molar-refractivity contribution in [1.29, 1.82) is 0 Å². The Kier molecular flexibility index (Phi) is 5.13. The SMILES string of the molecule is C#CCCOc1cc2c([nH]c(=O)n2Cc2cccc(NCC)c2)c(N)n1. The Morgan fingerprint density at radius 3 is 3.04 bits per heavy atom. The average molecular weight is 351 g/mol. The number of rotatable bonds is 7. The van der Waals surface area contributed by atoms with Crippen LogP contribution in [-0.4, -0.2) is 27.7 Å². The predicted octanol–water partition coefficient (Wildman–Crippen LogP) is 2.19. The molecule has 3 rings (SSSR count). The number of nitrogens with two attached hydrogens (primary N) is 1. The van der Waals surface area contributed by atoms with E-state index in [0.29, 0.717) is 36.5 Å². The maximum Gasteiger partial charge on any atom is 0.326 e. The molecule has 0 bridgehead atoms. The number of nitrogens with one attached hydrogen (secondary N) is 2. The molecule has 0 atom stereocenters. The van der Waals surface area contributed by atoms with Crippen molar-refractivity contribution in [2.45, 2.75) is 19.9 Å². The topological polar surface area (TPSA) is 98.0 Å². The number of aromatic nitrogens is 3. The normalized spacial score (nSPS) is 10.6. The number of anilines is 2. The molecule has 0 fully saturated rings. The van der Waals surface area contributed by atoms with E-state index in [1.54, 1.807) is 10.6 Å². The number of benzene rings is 1. The third-order valence-corrected chi connectivity index (χ3v) is 3.92. The molecule has 3 aromatic rings. The summed E-state index contributed by atoms with van der Waals surface area (Å²) in [6, 6.07) is 9.64. The van der Waals surface area contributed by atoms with Crippen LogP contribution in [0.25, 0.3) is 11.0 Å². The van der Waals surface area contributed by atoms with Crippen molar-refractivity contribution in [3.63, 3.8) is 0 Å². The summed E-state index contributed by atoms with van der Waals surface area (Å²) >= 11 is 0. The van der Waals surface area contributed by atoms with Gasteiger partial charge >= 0.3 is 5.69 Å². The number of pyridine rings is 1. The molecule has 0 aliphatic heterocycles. The van der Waals surface area contributed by atoms with E-state index >= 15 is 0 Å². The zero-order chi connectivity index (χ0) is 18.5. The van der Waals surface area contributed by atoms with E-state index in [4.69, 9.17) is 16.9 Å². The van der Waals surface area contributed by atoms with Gasteiger partial charge in [0.05, 0.1) is 12.1 Å². The van der Waals surface area contributed by atoms with Gasteiger partial charge in [0.2, 0.25) is 5.88 Å². The number of ether oxygens (including phenoxy) is 1. The van der Waals surface area contributed by atoms with Gasteiger partial charge in [0.25, 0.3) is 0 Å². The smallest absolute Gasteiger partial charge is 0.326 e. The molecule has 0 saturated heterocycles. The Bertz CT molecular complexity index is 1010. The second kappa shape index (κ2) is 7.66. The molecule has 0 aliphatic rings. The van der Waals surface area contributed by atoms with E-state index in [9.17, 15) is 4.79 Å². The summed E-state index contributed by atoms with van der Waals surface area (Å²) in [6.07, 6.45) is 5.70. The number of fused-ring (bicyclic) bond motifs is 1. The Labute approximate surface area is 151 Å². The van der Waals surface area contributed by atoms with E-state index < -0.39 is 0 Å². The monoisotopic (exact) mass is 351 g/mol. The molecular weight excluding hydrogens is 330 g/mol. The van der Waals surface area contributed by atoms with Crippen molar-refractivity contribution in [1.82, 2.24) is 14.5 Å². The molecule has 2 aromatic heterocycles. The first-order chi connectivity index (χ1) is 12.6. The van der Waals surface area contributed by atoms with Gasteiger partial charge in [-0.1, -0.05) is 12.1 Å². The van der Waals surface area contributed by atoms with Crippen LogP contribution in [-0.2, 0) is 6.54 Å². The highest BCUT2D eigenvalue weighted by Gasteiger charge is 2.13. The molecule has 134 valence electrons. The van der Waals surface area contributed by atoms with Gasteiger partial charge < -0.3 is 20.8 Å². The summed E-state index contributed by atoms with van der Waals surface area (Å²) in [5, 5.41) is 3.26. The van der Waals surface area contributed by atoms with Crippen LogP contribution in [0, 0.1) is 12.3 Å². The minimum atomic E-state index is -0.247. The molecule has 0 spiro atoms. The maximum absolute atomic E-state index is 12.4. The number of nitrogens with zero attached hydrogens (tertiary/aromatic N) is 2. The van der Waals surface area contributed by atoms with Gasteiger partial charge in [-0.05, 0) is 24.6 Å². The number of H-pyrrole nitrogens is 1. The highest BCUT2D eigenvalue weighted by atomic mass is 16.5. The molecular formula is C19H21N5O2. The first-order valence-electron chi connectivity index (χ1n) is 8.40. The van der Waals surface area contributed by atoms with Crippen molar-refractivity contribution in [3.05, 3.63) is 46.4 Å². The number of hydrogen-bond donors (Lipinski definition) is 3. The van der Waals surface area contributed by atoms with Gasteiger partial charge in [0.1, 0.15) is 12.1 Å². The van der Waals surface area contributed by atoms with Crippen LogP contribution >= 0.6 is 0 Å². The molecule has 2 heterocycles. The van der Waals surface area contributed by atoms with Gasteiger partial charge in [0, 0.05) is 24.7 Å². The van der Waals surface area contributed by atoms with Crippen LogP contribution in [0.15, 0.2) is 35.1 Å². The summed E-state index contributed by atoms with van der Waals surface area (Å²) in [7, 11) is 0. The lowest BCUT2D eigenvalue weighted by molar-refractivity contribution is 0.315. The molecule has 0 saturated carbocycles. The summed E-state index contributed by atoms with van der Waals surface area (Å²) in [6.45, 7) is 3.62. The Morgan fingerprint density at radius 2 is 2.27 bits per heavy atom. The van der Waals surface area contributed by atoms with E-state index in [2.05, 4.69) is 21.2 Å². The lowest BCUT2D eigenvalue weighted by atomic mass is 10.2. The first kappa shape index (κ1) is 17.4. The fourth-order valence-electron chi connectivity index (χ4n) is 2.76. The predicted molar refractivity (Wildman–Crippen MR) is 103 cm³/mol. The lowest BCUT2D eigenvalue weighted by Gasteiger charge is -2.09. The second-order valence-electron chi connectivity index (χ2n) is 5.79. The molecule has 0 aliphatic carbocycles. The quantitative estimate of drug-likeness (QED) is 0.448. The van der Waals surface area contributed by atoms with Gasteiger partial charge in [-0.25, -0.2) is 4.79 Å². The van der Waals surface area contributed by atoms with Crippen LogP contribution < -0.4 is 21.5 Å². The van der Waals surface area contributed by atoms with E-state index in [1.807, 2.05) is 31.2 Å². The highest BCUT2D eigenvalue weighted by Crippen LogP contribution is 2.22. The van der Waals surface area contributed by atoms with Gasteiger partial charge in [-0.15, -0.1) is 12.3 Å². The van der Waals surface area contributed by atoms with Crippen molar-refractivity contribution in [3.8, 4) is 18.2 Å². The molecule has 7 heteroatoms. The van der Waals surface area contributed by atoms with Crippen LogP contribution in [0.3, 0.4) is 0 Å². The Morgan fingerprint density at radius 1 is 1.42 bits per heavy atom. The third kappa shape index (κ3) is 3.64. The molecule has 7 nitrogen and oxygen atoms in total. The number of aromatic amines is 1. The van der Waals surface area contributed by atoms with E-state index in [-0.39, 0.29) is 11.5 Å². The van der Waals surface area contributed by atoms with Gasteiger partial charge in [-0.3, -0.25) is 4.57 Å².